The largest absolute Gasteiger partial charge is 0.355 e. The van der Waals surface area contributed by atoms with Crippen LogP contribution in [0.4, 0.5) is 9.18 Å². The molecule has 1 aliphatic heterocycles. The molecular weight excluding hydrogens is 325 g/mol. The van der Waals surface area contributed by atoms with E-state index in [1.165, 1.54) is 12.1 Å². The Morgan fingerprint density at radius 2 is 1.88 bits per heavy atom. The van der Waals surface area contributed by atoms with Gasteiger partial charge >= 0.3 is 6.03 Å². The summed E-state index contributed by atoms with van der Waals surface area (Å²) >= 11 is 0. The van der Waals surface area contributed by atoms with Crippen molar-refractivity contribution >= 4 is 17.8 Å². The average molecular weight is 347 g/mol. The first-order valence-corrected chi connectivity index (χ1v) is 8.63. The van der Waals surface area contributed by atoms with E-state index < -0.39 is 18.0 Å². The van der Waals surface area contributed by atoms with Crippen molar-refractivity contribution in [2.24, 2.45) is 0 Å². The predicted molar refractivity (Wildman–Crippen MR) is 89.3 cm³/mol. The quantitative estimate of drug-likeness (QED) is 0.685. The van der Waals surface area contributed by atoms with Gasteiger partial charge in [0.15, 0.2) is 0 Å². The fourth-order valence-corrected chi connectivity index (χ4v) is 3.72. The molecule has 1 aromatic carbocycles. The Hall–Kier alpha value is -2.44. The third kappa shape index (κ3) is 3.97. The molecule has 1 atom stereocenters. The van der Waals surface area contributed by atoms with Crippen LogP contribution in [0.2, 0.25) is 0 Å². The second-order valence-electron chi connectivity index (χ2n) is 6.83. The molecule has 4 amide bonds. The lowest BCUT2D eigenvalue weighted by molar-refractivity contribution is -0.122. The number of amides is 4. The van der Waals surface area contributed by atoms with Crippen molar-refractivity contribution < 1.29 is 18.8 Å². The van der Waals surface area contributed by atoms with E-state index in [1.807, 2.05) is 0 Å². The monoisotopic (exact) mass is 347 g/mol. The molecule has 2 aliphatic rings. The predicted octanol–water partition coefficient (Wildman–Crippen LogP) is 1.74. The number of imide groups is 1. The maximum atomic E-state index is 13.2. The molecule has 3 N–H and O–H groups in total. The highest BCUT2D eigenvalue weighted by Crippen LogP contribution is 2.40. The summed E-state index contributed by atoms with van der Waals surface area (Å²) in [6, 6.07) is 5.35. The van der Waals surface area contributed by atoms with Gasteiger partial charge in [0.25, 0.3) is 5.91 Å². The topological polar surface area (TPSA) is 87.3 Å². The Balaban J connectivity index is 1.55. The van der Waals surface area contributed by atoms with Gasteiger partial charge in [-0.3, -0.25) is 14.9 Å². The number of urea groups is 1. The van der Waals surface area contributed by atoms with Gasteiger partial charge in [-0.25, -0.2) is 9.18 Å². The van der Waals surface area contributed by atoms with E-state index in [0.29, 0.717) is 6.54 Å². The second-order valence-corrected chi connectivity index (χ2v) is 6.83. The fraction of sp³-hybridized carbons (Fsp3) is 0.500. The SMILES string of the molecule is O=C(CCC1NC(=O)NC1=O)NCC1(c2ccc(F)cc2)CCCC1. The van der Waals surface area contributed by atoms with Crippen molar-refractivity contribution in [1.29, 1.82) is 0 Å². The first kappa shape index (κ1) is 17.4. The summed E-state index contributed by atoms with van der Waals surface area (Å²) in [6.07, 6.45) is 4.52. The van der Waals surface area contributed by atoms with Crippen molar-refractivity contribution in [1.82, 2.24) is 16.0 Å². The van der Waals surface area contributed by atoms with Crippen molar-refractivity contribution in [3.05, 3.63) is 35.6 Å². The molecule has 2 fully saturated rings. The van der Waals surface area contributed by atoms with Gasteiger partial charge in [0.2, 0.25) is 5.91 Å². The van der Waals surface area contributed by atoms with Crippen LogP contribution in [0, 0.1) is 5.82 Å². The molecule has 0 aromatic heterocycles. The van der Waals surface area contributed by atoms with Gasteiger partial charge in [-0.1, -0.05) is 25.0 Å². The van der Waals surface area contributed by atoms with Gasteiger partial charge in [0.05, 0.1) is 0 Å². The molecule has 7 heteroatoms. The number of hydrogen-bond donors (Lipinski definition) is 3. The third-order valence-electron chi connectivity index (χ3n) is 5.16. The minimum absolute atomic E-state index is 0.150. The summed E-state index contributed by atoms with van der Waals surface area (Å²) in [6.45, 7) is 0.501. The zero-order chi connectivity index (χ0) is 17.9. The van der Waals surface area contributed by atoms with E-state index in [4.69, 9.17) is 0 Å². The lowest BCUT2D eigenvalue weighted by atomic mass is 9.78. The Kier molecular flexibility index (Phi) is 5.01. The van der Waals surface area contributed by atoms with Crippen LogP contribution in [0.1, 0.15) is 44.1 Å². The van der Waals surface area contributed by atoms with E-state index in [9.17, 15) is 18.8 Å². The highest BCUT2D eigenvalue weighted by atomic mass is 19.1. The van der Waals surface area contributed by atoms with Crippen molar-refractivity contribution in [3.8, 4) is 0 Å². The fourth-order valence-electron chi connectivity index (χ4n) is 3.72. The molecule has 1 aliphatic carbocycles. The van der Waals surface area contributed by atoms with Gasteiger partial charge in [0, 0.05) is 18.4 Å². The molecule has 1 unspecified atom stereocenters. The summed E-state index contributed by atoms with van der Waals surface area (Å²) in [5.74, 6) is -0.809. The second kappa shape index (κ2) is 7.21. The molecule has 1 aromatic rings. The number of halogens is 1. The molecule has 6 nitrogen and oxygen atoms in total. The summed E-state index contributed by atoms with van der Waals surface area (Å²) < 4.78 is 13.2. The summed E-state index contributed by atoms with van der Waals surface area (Å²) in [5.41, 5.74) is 0.900. The van der Waals surface area contributed by atoms with E-state index in [-0.39, 0.29) is 30.0 Å². The number of benzene rings is 1. The molecule has 1 heterocycles. The van der Waals surface area contributed by atoms with Gasteiger partial charge in [0.1, 0.15) is 11.9 Å². The van der Waals surface area contributed by atoms with E-state index in [1.54, 1.807) is 12.1 Å². The van der Waals surface area contributed by atoms with Crippen LogP contribution in [0.25, 0.3) is 0 Å². The van der Waals surface area contributed by atoms with Gasteiger partial charge < -0.3 is 10.6 Å². The van der Waals surface area contributed by atoms with Crippen molar-refractivity contribution in [2.75, 3.05) is 6.54 Å². The molecule has 0 bridgehead atoms. The molecular formula is C18H22FN3O3. The summed E-state index contributed by atoms with van der Waals surface area (Å²) in [4.78, 5) is 34.7. The van der Waals surface area contributed by atoms with Crippen LogP contribution < -0.4 is 16.0 Å². The standard InChI is InChI=1S/C18H22FN3O3/c19-13-5-3-12(4-6-13)18(9-1-2-10-18)11-20-15(23)8-7-14-16(24)22-17(25)21-14/h3-6,14H,1-2,7-11H2,(H,20,23)(H2,21,22,24,25). The Morgan fingerprint density at radius 1 is 1.20 bits per heavy atom. The number of carbonyl (C=O) groups excluding carboxylic acids is 3. The smallest absolute Gasteiger partial charge is 0.322 e. The van der Waals surface area contributed by atoms with E-state index in [0.717, 1.165) is 31.2 Å². The van der Waals surface area contributed by atoms with Gasteiger partial charge in [-0.2, -0.15) is 0 Å². The summed E-state index contributed by atoms with van der Waals surface area (Å²) in [7, 11) is 0. The van der Waals surface area contributed by atoms with Gasteiger partial charge in [-0.15, -0.1) is 0 Å². The van der Waals surface area contributed by atoms with Crippen LogP contribution in [-0.4, -0.2) is 30.4 Å². The van der Waals surface area contributed by atoms with Crippen LogP contribution in [-0.2, 0) is 15.0 Å². The van der Waals surface area contributed by atoms with Crippen molar-refractivity contribution in [3.63, 3.8) is 0 Å². The molecule has 1 saturated carbocycles. The first-order chi connectivity index (χ1) is 12.0. The number of nitrogens with one attached hydrogen (secondary N) is 3. The minimum Gasteiger partial charge on any atom is -0.355 e. The van der Waals surface area contributed by atoms with Gasteiger partial charge in [-0.05, 0) is 37.0 Å². The molecule has 134 valence electrons. The summed E-state index contributed by atoms with van der Waals surface area (Å²) in [5, 5.41) is 7.58. The number of rotatable bonds is 6. The molecule has 1 saturated heterocycles. The Bertz CT molecular complexity index is 669. The molecule has 25 heavy (non-hydrogen) atoms. The Labute approximate surface area is 145 Å². The molecule has 0 radical (unpaired) electrons. The maximum Gasteiger partial charge on any atom is 0.322 e. The maximum absolute atomic E-state index is 13.2. The molecule has 0 spiro atoms. The van der Waals surface area contributed by atoms with E-state index in [2.05, 4.69) is 16.0 Å². The van der Waals surface area contributed by atoms with Crippen LogP contribution in [0.5, 0.6) is 0 Å². The van der Waals surface area contributed by atoms with E-state index >= 15 is 0 Å². The molecule has 3 rings (SSSR count). The van der Waals surface area contributed by atoms with Crippen LogP contribution in [0.3, 0.4) is 0 Å². The minimum atomic E-state index is -0.643. The zero-order valence-electron chi connectivity index (χ0n) is 13.9. The average Bonchev–Trinajstić information content (AvgIpc) is 3.19. The number of carbonyl (C=O) groups is 3. The Morgan fingerprint density at radius 3 is 2.48 bits per heavy atom. The van der Waals surface area contributed by atoms with Crippen LogP contribution in [0.15, 0.2) is 24.3 Å². The highest BCUT2D eigenvalue weighted by molar-refractivity contribution is 6.04. The first-order valence-electron chi connectivity index (χ1n) is 8.63. The lowest BCUT2D eigenvalue weighted by Crippen LogP contribution is -2.39. The van der Waals surface area contributed by atoms with Crippen molar-refractivity contribution in [2.45, 2.75) is 50.0 Å². The van der Waals surface area contributed by atoms with Crippen LogP contribution >= 0.6 is 0 Å². The normalized spacial score (nSPS) is 21.7. The zero-order valence-corrected chi connectivity index (χ0v) is 13.9. The third-order valence-corrected chi connectivity index (χ3v) is 5.16. The highest BCUT2D eigenvalue weighted by Gasteiger charge is 2.36. The number of hydrogen-bond acceptors (Lipinski definition) is 3. The lowest BCUT2D eigenvalue weighted by Gasteiger charge is -2.30.